The number of carbonyl (C=O) groups is 1. The molecule has 0 bridgehead atoms. The van der Waals surface area contributed by atoms with Crippen LogP contribution in [-0.4, -0.2) is 25.1 Å². The van der Waals surface area contributed by atoms with Crippen molar-refractivity contribution in [1.29, 1.82) is 0 Å². The third-order valence-corrected chi connectivity index (χ3v) is 6.43. The van der Waals surface area contributed by atoms with E-state index in [2.05, 4.69) is 14.7 Å². The number of carbonyl (C=O) groups excluding carboxylic acids is 1. The minimum absolute atomic E-state index is 0.219. The van der Waals surface area contributed by atoms with E-state index in [0.717, 1.165) is 0 Å². The van der Waals surface area contributed by atoms with Gasteiger partial charge in [-0.2, -0.15) is 0 Å². The molecular weight excluding hydrogens is 373 g/mol. The van der Waals surface area contributed by atoms with Gasteiger partial charge >= 0.3 is 0 Å². The molecule has 138 valence electrons. The van der Waals surface area contributed by atoms with Crippen molar-refractivity contribution in [2.45, 2.75) is 38.5 Å². The predicted molar refractivity (Wildman–Crippen MR) is 103 cm³/mol. The predicted octanol–water partition coefficient (Wildman–Crippen LogP) is 4.11. The summed E-state index contributed by atoms with van der Waals surface area (Å²) < 4.78 is 28.2. The summed E-state index contributed by atoms with van der Waals surface area (Å²) in [6.45, 7) is 7.53. The monoisotopic (exact) mass is 393 g/mol. The Labute approximate surface area is 158 Å². The Morgan fingerprint density at radius 3 is 2.85 bits per heavy atom. The van der Waals surface area contributed by atoms with Gasteiger partial charge < -0.3 is 9.54 Å². The maximum Gasteiger partial charge on any atom is 0.223 e. The molecule has 0 spiro atoms. The van der Waals surface area contributed by atoms with Crippen LogP contribution < -0.4 is 4.72 Å². The molecule has 2 N–H and O–H groups in total. The molecular formula is C18H20FN3O2S2. The van der Waals surface area contributed by atoms with Gasteiger partial charge in [0.1, 0.15) is 10.6 Å². The van der Waals surface area contributed by atoms with Crippen molar-refractivity contribution < 1.29 is 13.7 Å². The van der Waals surface area contributed by atoms with Gasteiger partial charge in [0.15, 0.2) is 5.01 Å². The quantitative estimate of drug-likeness (QED) is 0.505. The summed E-state index contributed by atoms with van der Waals surface area (Å²) >= 11 is 0.0124. The van der Waals surface area contributed by atoms with E-state index >= 15 is 0 Å². The molecule has 2 atom stereocenters. The van der Waals surface area contributed by atoms with E-state index in [1.807, 2.05) is 27.7 Å². The van der Waals surface area contributed by atoms with Crippen molar-refractivity contribution in [3.05, 3.63) is 51.9 Å². The number of ketones is 1. The summed E-state index contributed by atoms with van der Waals surface area (Å²) in [6.07, 6.45) is 1.57. The van der Waals surface area contributed by atoms with Crippen molar-refractivity contribution in [3.63, 3.8) is 0 Å². The highest BCUT2D eigenvalue weighted by molar-refractivity contribution is 7.90. The molecule has 8 heteroatoms. The first-order valence-electron chi connectivity index (χ1n) is 8.11. The molecule has 0 amide bonds. The van der Waals surface area contributed by atoms with Gasteiger partial charge in [-0.25, -0.2) is 9.37 Å². The van der Waals surface area contributed by atoms with Gasteiger partial charge in [-0.15, -0.1) is 16.1 Å². The number of aromatic nitrogens is 2. The summed E-state index contributed by atoms with van der Waals surface area (Å²) in [5, 5.41) is 2.80. The molecule has 0 fully saturated rings. The minimum Gasteiger partial charge on any atom is -0.598 e. The van der Waals surface area contributed by atoms with Crippen LogP contribution in [0.2, 0.25) is 0 Å². The van der Waals surface area contributed by atoms with Crippen LogP contribution in [0.25, 0.3) is 10.9 Å². The second-order valence-electron chi connectivity index (χ2n) is 7.02. The number of halogens is 1. The number of benzene rings is 1. The second kappa shape index (κ2) is 7.11. The summed E-state index contributed by atoms with van der Waals surface area (Å²) in [4.78, 5) is 20.1. The molecule has 0 aliphatic rings. The lowest BCUT2D eigenvalue weighted by Crippen LogP contribution is -2.40. The lowest BCUT2D eigenvalue weighted by Gasteiger charge is -2.25. The zero-order chi connectivity index (χ0) is 19.1. The molecule has 1 unspecified atom stereocenters. The molecule has 2 heterocycles. The molecule has 2 aromatic heterocycles. The highest BCUT2D eigenvalue weighted by atomic mass is 32.2. The van der Waals surface area contributed by atoms with Crippen LogP contribution in [0.5, 0.6) is 0 Å². The van der Waals surface area contributed by atoms with Crippen molar-refractivity contribution in [2.24, 2.45) is 0 Å². The Morgan fingerprint density at radius 1 is 1.42 bits per heavy atom. The second-order valence-corrected chi connectivity index (χ2v) is 9.88. The summed E-state index contributed by atoms with van der Waals surface area (Å²) in [5.74, 6) is -0.579. The lowest BCUT2D eigenvalue weighted by atomic mass is 10.1. The molecule has 0 radical (unpaired) electrons. The Balaban J connectivity index is 1.81. The molecule has 0 saturated carbocycles. The van der Waals surface area contributed by atoms with Crippen LogP contribution >= 0.6 is 11.3 Å². The SMILES string of the molecule is C[C@H](N[S+]([O-])C(C)(C)C)c1csc(C(=O)c2c[nH]c3cc(F)ccc23)n1. The average Bonchev–Trinajstić information content (AvgIpc) is 3.20. The fourth-order valence-corrected chi connectivity index (χ4v) is 4.05. The van der Waals surface area contributed by atoms with Crippen LogP contribution in [0.4, 0.5) is 4.39 Å². The Morgan fingerprint density at radius 2 is 2.15 bits per heavy atom. The first kappa shape index (κ1) is 19.0. The Bertz CT molecular complexity index is 945. The Hall–Kier alpha value is -1.74. The maximum atomic E-state index is 13.3. The van der Waals surface area contributed by atoms with Gasteiger partial charge in [0.05, 0.1) is 17.3 Å². The van der Waals surface area contributed by atoms with E-state index in [1.54, 1.807) is 17.6 Å². The summed E-state index contributed by atoms with van der Waals surface area (Å²) in [6, 6.07) is 4.02. The summed E-state index contributed by atoms with van der Waals surface area (Å²) in [5.41, 5.74) is 1.70. The van der Waals surface area contributed by atoms with E-state index < -0.39 is 11.4 Å². The van der Waals surface area contributed by atoms with Crippen LogP contribution in [-0.2, 0) is 11.4 Å². The van der Waals surface area contributed by atoms with Crippen LogP contribution in [0.1, 0.15) is 54.8 Å². The van der Waals surface area contributed by atoms with Gasteiger partial charge in [0.25, 0.3) is 0 Å². The fraction of sp³-hybridized carbons (Fsp3) is 0.333. The van der Waals surface area contributed by atoms with E-state index in [9.17, 15) is 13.7 Å². The number of thiazole rings is 1. The first-order chi connectivity index (χ1) is 12.2. The normalized spacial score (nSPS) is 14.5. The minimum atomic E-state index is -1.23. The number of H-pyrrole nitrogens is 1. The lowest BCUT2D eigenvalue weighted by molar-refractivity contribution is 0.103. The average molecular weight is 394 g/mol. The smallest absolute Gasteiger partial charge is 0.223 e. The van der Waals surface area contributed by atoms with Crippen LogP contribution in [0.3, 0.4) is 0 Å². The topological polar surface area (TPSA) is 80.8 Å². The molecule has 26 heavy (non-hydrogen) atoms. The van der Waals surface area contributed by atoms with E-state index in [-0.39, 0.29) is 22.4 Å². The highest BCUT2D eigenvalue weighted by Gasteiger charge is 2.29. The van der Waals surface area contributed by atoms with E-state index in [1.165, 1.54) is 23.5 Å². The largest absolute Gasteiger partial charge is 0.598 e. The van der Waals surface area contributed by atoms with Gasteiger partial charge in [-0.3, -0.25) is 4.79 Å². The molecule has 3 rings (SSSR count). The highest BCUT2D eigenvalue weighted by Crippen LogP contribution is 2.26. The molecule has 0 saturated heterocycles. The van der Waals surface area contributed by atoms with Gasteiger partial charge in [-0.05, 0) is 45.9 Å². The molecule has 5 nitrogen and oxygen atoms in total. The molecule has 1 aromatic carbocycles. The zero-order valence-electron chi connectivity index (χ0n) is 14.9. The van der Waals surface area contributed by atoms with Crippen molar-refractivity contribution >= 4 is 39.4 Å². The van der Waals surface area contributed by atoms with Crippen molar-refractivity contribution in [3.8, 4) is 0 Å². The van der Waals surface area contributed by atoms with Gasteiger partial charge in [0.2, 0.25) is 5.78 Å². The van der Waals surface area contributed by atoms with Gasteiger partial charge in [-0.1, -0.05) is 0 Å². The standard InChI is InChI=1S/C18H20FN3O2S2/c1-10(22-26(24)18(2,3)4)15-9-25-17(21-15)16(23)13-8-20-14-7-11(19)5-6-12(13)14/h5-10,20,22H,1-4H3/t10-,26?/m0/s1. The maximum absolute atomic E-state index is 13.3. The molecule has 3 aromatic rings. The third kappa shape index (κ3) is 3.83. The molecule has 0 aliphatic heterocycles. The number of hydrogen-bond acceptors (Lipinski definition) is 5. The zero-order valence-corrected chi connectivity index (χ0v) is 16.6. The van der Waals surface area contributed by atoms with E-state index in [0.29, 0.717) is 27.2 Å². The number of rotatable bonds is 5. The van der Waals surface area contributed by atoms with E-state index in [4.69, 9.17) is 0 Å². The fourth-order valence-electron chi connectivity index (χ4n) is 2.39. The molecule has 0 aliphatic carbocycles. The van der Waals surface area contributed by atoms with Crippen molar-refractivity contribution in [2.75, 3.05) is 0 Å². The van der Waals surface area contributed by atoms with Crippen LogP contribution in [0.15, 0.2) is 29.8 Å². The van der Waals surface area contributed by atoms with Crippen molar-refractivity contribution in [1.82, 2.24) is 14.7 Å². The number of aromatic amines is 1. The summed E-state index contributed by atoms with van der Waals surface area (Å²) in [7, 11) is 0. The first-order valence-corrected chi connectivity index (χ1v) is 10.1. The van der Waals surface area contributed by atoms with Crippen LogP contribution in [0, 0.1) is 5.82 Å². The number of nitrogens with one attached hydrogen (secondary N) is 2. The van der Waals surface area contributed by atoms with Gasteiger partial charge in [0, 0.05) is 33.8 Å². The number of fused-ring (bicyclic) bond motifs is 1. The Kier molecular flexibility index (Phi) is 5.21. The third-order valence-electron chi connectivity index (χ3n) is 3.89. The number of hydrogen-bond donors (Lipinski definition) is 2. The number of nitrogens with zero attached hydrogens (tertiary/aromatic N) is 1.